The Bertz CT molecular complexity index is 598. The molecule has 3 rings (SSSR count). The fraction of sp³-hybridized carbons (Fsp3) is 0.462. The van der Waals surface area contributed by atoms with Crippen LogP contribution in [0.5, 0.6) is 0 Å². The maximum atomic E-state index is 11.2. The van der Waals surface area contributed by atoms with Crippen LogP contribution in [-0.2, 0) is 4.74 Å². The average molecular weight is 262 g/mol. The van der Waals surface area contributed by atoms with E-state index in [2.05, 4.69) is 20.6 Å². The molecule has 1 aromatic carbocycles. The van der Waals surface area contributed by atoms with Crippen molar-refractivity contribution >= 4 is 16.7 Å². The first-order chi connectivity index (χ1) is 9.31. The molecule has 2 heterocycles. The largest absolute Gasteiger partial charge is 0.385 e. The summed E-state index contributed by atoms with van der Waals surface area (Å²) >= 11 is 0. The number of nitrogens with one attached hydrogen (secondary N) is 4. The summed E-state index contributed by atoms with van der Waals surface area (Å²) in [6, 6.07) is 6.24. The second-order valence-corrected chi connectivity index (χ2v) is 4.78. The molecule has 1 atom stereocenters. The Morgan fingerprint density at radius 2 is 2.21 bits per heavy atom. The minimum Gasteiger partial charge on any atom is -0.385 e. The number of rotatable bonds is 4. The molecular weight excluding hydrogens is 244 g/mol. The van der Waals surface area contributed by atoms with Gasteiger partial charge < -0.3 is 25.3 Å². The van der Waals surface area contributed by atoms with Crippen LogP contribution in [0.25, 0.3) is 11.0 Å². The molecule has 0 bridgehead atoms. The summed E-state index contributed by atoms with van der Waals surface area (Å²) in [6.07, 6.45) is 1.02. The zero-order chi connectivity index (χ0) is 13.1. The van der Waals surface area contributed by atoms with E-state index in [9.17, 15) is 4.79 Å². The molecule has 1 unspecified atom stereocenters. The Morgan fingerprint density at radius 3 is 3.05 bits per heavy atom. The number of fused-ring (bicyclic) bond motifs is 1. The monoisotopic (exact) mass is 262 g/mol. The van der Waals surface area contributed by atoms with Gasteiger partial charge in [-0.15, -0.1) is 0 Å². The fourth-order valence-electron chi connectivity index (χ4n) is 2.34. The third-order valence-electron chi connectivity index (χ3n) is 3.34. The molecule has 2 aromatic rings. The van der Waals surface area contributed by atoms with Crippen molar-refractivity contribution in [3.8, 4) is 0 Å². The molecule has 1 aromatic heterocycles. The van der Waals surface area contributed by atoms with Crippen LogP contribution in [0.3, 0.4) is 0 Å². The Morgan fingerprint density at radius 1 is 1.32 bits per heavy atom. The zero-order valence-electron chi connectivity index (χ0n) is 10.7. The van der Waals surface area contributed by atoms with Gasteiger partial charge in [-0.05, 0) is 24.6 Å². The predicted molar refractivity (Wildman–Crippen MR) is 74.6 cm³/mol. The standard InChI is InChI=1S/C13H18N4O2/c18-13-16-11-2-1-9(7-12(11)17-13)14-4-3-10-8-19-6-5-15-10/h1-2,7,10,14-15H,3-6,8H2,(H2,16,17,18). The topological polar surface area (TPSA) is 81.9 Å². The molecule has 19 heavy (non-hydrogen) atoms. The van der Waals surface area contributed by atoms with Crippen molar-refractivity contribution in [2.24, 2.45) is 0 Å². The quantitative estimate of drug-likeness (QED) is 0.652. The van der Waals surface area contributed by atoms with E-state index in [1.807, 2.05) is 18.2 Å². The summed E-state index contributed by atoms with van der Waals surface area (Å²) in [5.41, 5.74) is 2.50. The summed E-state index contributed by atoms with van der Waals surface area (Å²) in [7, 11) is 0. The van der Waals surface area contributed by atoms with Crippen LogP contribution in [0.2, 0.25) is 0 Å². The fourth-order valence-corrected chi connectivity index (χ4v) is 2.34. The molecule has 0 saturated carbocycles. The van der Waals surface area contributed by atoms with E-state index in [1.54, 1.807) is 0 Å². The molecule has 0 aliphatic carbocycles. The molecule has 0 radical (unpaired) electrons. The molecule has 1 aliphatic rings. The SMILES string of the molecule is O=c1[nH]c2ccc(NCCC3COCCN3)cc2[nH]1. The summed E-state index contributed by atoms with van der Waals surface area (Å²) in [5.74, 6) is 0. The Kier molecular flexibility index (Phi) is 3.52. The second-order valence-electron chi connectivity index (χ2n) is 4.78. The van der Waals surface area contributed by atoms with Gasteiger partial charge in [-0.2, -0.15) is 0 Å². The highest BCUT2D eigenvalue weighted by molar-refractivity contribution is 5.78. The van der Waals surface area contributed by atoms with Crippen LogP contribution >= 0.6 is 0 Å². The van der Waals surface area contributed by atoms with E-state index in [1.165, 1.54) is 0 Å². The first kappa shape index (κ1) is 12.3. The second kappa shape index (κ2) is 5.46. The van der Waals surface area contributed by atoms with E-state index in [0.717, 1.165) is 49.4 Å². The number of benzene rings is 1. The lowest BCUT2D eigenvalue weighted by Crippen LogP contribution is -2.42. The van der Waals surface area contributed by atoms with Crippen LogP contribution in [-0.4, -0.2) is 42.3 Å². The third kappa shape index (κ3) is 2.97. The summed E-state index contributed by atoms with van der Waals surface area (Å²) in [5, 5.41) is 6.78. The van der Waals surface area contributed by atoms with E-state index < -0.39 is 0 Å². The molecule has 102 valence electrons. The number of hydrogen-bond donors (Lipinski definition) is 4. The Balaban J connectivity index is 1.57. The lowest BCUT2D eigenvalue weighted by atomic mass is 10.2. The minimum absolute atomic E-state index is 0.171. The first-order valence-electron chi connectivity index (χ1n) is 6.58. The number of hydrogen-bond acceptors (Lipinski definition) is 4. The van der Waals surface area contributed by atoms with Gasteiger partial charge in [0.05, 0.1) is 24.2 Å². The predicted octanol–water partition coefficient (Wildman–Crippen LogP) is 0.647. The number of aromatic nitrogens is 2. The third-order valence-corrected chi connectivity index (χ3v) is 3.34. The molecule has 0 spiro atoms. The van der Waals surface area contributed by atoms with Gasteiger partial charge in [-0.25, -0.2) is 4.79 Å². The van der Waals surface area contributed by atoms with Crippen molar-refractivity contribution in [1.29, 1.82) is 0 Å². The van der Waals surface area contributed by atoms with Crippen LogP contribution in [0.1, 0.15) is 6.42 Å². The van der Waals surface area contributed by atoms with Gasteiger partial charge in [0.2, 0.25) is 0 Å². The highest BCUT2D eigenvalue weighted by Gasteiger charge is 2.11. The lowest BCUT2D eigenvalue weighted by molar-refractivity contribution is 0.0753. The van der Waals surface area contributed by atoms with Gasteiger partial charge in [-0.1, -0.05) is 0 Å². The molecule has 1 aliphatic heterocycles. The van der Waals surface area contributed by atoms with Crippen molar-refractivity contribution in [3.05, 3.63) is 28.7 Å². The summed E-state index contributed by atoms with van der Waals surface area (Å²) in [4.78, 5) is 16.7. The van der Waals surface area contributed by atoms with Crippen LogP contribution in [0.15, 0.2) is 23.0 Å². The average Bonchev–Trinajstić information content (AvgIpc) is 2.79. The highest BCUT2D eigenvalue weighted by Crippen LogP contribution is 2.14. The van der Waals surface area contributed by atoms with E-state index >= 15 is 0 Å². The highest BCUT2D eigenvalue weighted by atomic mass is 16.5. The maximum Gasteiger partial charge on any atom is 0.323 e. The normalized spacial score (nSPS) is 19.7. The van der Waals surface area contributed by atoms with Crippen molar-refractivity contribution in [2.75, 3.05) is 31.6 Å². The number of ether oxygens (including phenoxy) is 1. The zero-order valence-corrected chi connectivity index (χ0v) is 10.7. The van der Waals surface area contributed by atoms with E-state index in [0.29, 0.717) is 6.04 Å². The number of morpholine rings is 1. The van der Waals surface area contributed by atoms with Crippen molar-refractivity contribution in [2.45, 2.75) is 12.5 Å². The number of H-pyrrole nitrogens is 2. The maximum absolute atomic E-state index is 11.2. The number of imidazole rings is 1. The summed E-state index contributed by atoms with van der Waals surface area (Å²) in [6.45, 7) is 3.40. The van der Waals surface area contributed by atoms with E-state index in [4.69, 9.17) is 4.74 Å². The number of aromatic amines is 2. The van der Waals surface area contributed by atoms with Crippen molar-refractivity contribution in [3.63, 3.8) is 0 Å². The molecular formula is C13H18N4O2. The van der Waals surface area contributed by atoms with Gasteiger partial charge in [0.25, 0.3) is 0 Å². The molecule has 4 N–H and O–H groups in total. The van der Waals surface area contributed by atoms with Crippen LogP contribution in [0.4, 0.5) is 5.69 Å². The van der Waals surface area contributed by atoms with Crippen LogP contribution in [0, 0.1) is 0 Å². The van der Waals surface area contributed by atoms with Gasteiger partial charge in [0, 0.05) is 24.8 Å². The molecule has 6 heteroatoms. The molecule has 1 fully saturated rings. The van der Waals surface area contributed by atoms with Gasteiger partial charge in [0.1, 0.15) is 0 Å². The Labute approximate surface area is 110 Å². The van der Waals surface area contributed by atoms with Gasteiger partial charge >= 0.3 is 5.69 Å². The molecule has 0 amide bonds. The van der Waals surface area contributed by atoms with Gasteiger partial charge in [0.15, 0.2) is 0 Å². The number of anilines is 1. The molecule has 1 saturated heterocycles. The lowest BCUT2D eigenvalue weighted by Gasteiger charge is -2.23. The first-order valence-corrected chi connectivity index (χ1v) is 6.58. The van der Waals surface area contributed by atoms with Gasteiger partial charge in [-0.3, -0.25) is 0 Å². The minimum atomic E-state index is -0.171. The molecule has 6 nitrogen and oxygen atoms in total. The smallest absolute Gasteiger partial charge is 0.323 e. The van der Waals surface area contributed by atoms with E-state index in [-0.39, 0.29) is 5.69 Å². The van der Waals surface area contributed by atoms with Crippen molar-refractivity contribution in [1.82, 2.24) is 15.3 Å². The van der Waals surface area contributed by atoms with Crippen molar-refractivity contribution < 1.29 is 4.74 Å². The Hall–Kier alpha value is -1.79. The van der Waals surface area contributed by atoms with Crippen LogP contribution < -0.4 is 16.3 Å². The summed E-state index contributed by atoms with van der Waals surface area (Å²) < 4.78 is 5.41.